The van der Waals surface area contributed by atoms with Gasteiger partial charge in [0.1, 0.15) is 11.6 Å². The Balaban J connectivity index is 2.49. The Hall–Kier alpha value is -1.26. The van der Waals surface area contributed by atoms with Crippen LogP contribution in [-0.4, -0.2) is 5.24 Å². The van der Waals surface area contributed by atoms with E-state index in [1.165, 1.54) is 18.3 Å². The maximum atomic E-state index is 13.9. The summed E-state index contributed by atoms with van der Waals surface area (Å²) >= 11 is 7.08. The summed E-state index contributed by atoms with van der Waals surface area (Å²) < 4.78 is 27.2. The number of thiophene rings is 1. The van der Waals surface area contributed by atoms with Gasteiger partial charge in [-0.25, -0.2) is 8.78 Å². The van der Waals surface area contributed by atoms with Crippen molar-refractivity contribution in [3.8, 4) is 0 Å². The molecular formula is C14H11ClF2OS. The van der Waals surface area contributed by atoms with Gasteiger partial charge in [-0.05, 0) is 54.6 Å². The Kier molecular flexibility index (Phi) is 4.02. The second kappa shape index (κ2) is 5.39. The third-order valence-electron chi connectivity index (χ3n) is 3.06. The number of benzene rings is 1. The Morgan fingerprint density at radius 1 is 1.37 bits per heavy atom. The predicted molar refractivity (Wildman–Crippen MR) is 72.6 cm³/mol. The van der Waals surface area contributed by atoms with E-state index in [4.69, 9.17) is 11.6 Å². The molecule has 1 atom stereocenters. The summed E-state index contributed by atoms with van der Waals surface area (Å²) in [5.41, 5.74) is -1.29. The molecule has 0 aliphatic carbocycles. The highest BCUT2D eigenvalue weighted by Crippen LogP contribution is 2.34. The highest BCUT2D eigenvalue weighted by molar-refractivity contribution is 7.09. The van der Waals surface area contributed by atoms with Gasteiger partial charge in [0.15, 0.2) is 0 Å². The third kappa shape index (κ3) is 2.85. The quantitative estimate of drug-likeness (QED) is 0.770. The first-order valence-electron chi connectivity index (χ1n) is 5.61. The summed E-state index contributed by atoms with van der Waals surface area (Å²) in [6, 6.07) is 6.73. The largest absolute Gasteiger partial charge is 0.280 e. The fraction of sp³-hybridized carbons (Fsp3) is 0.214. The van der Waals surface area contributed by atoms with Crippen molar-refractivity contribution in [1.29, 1.82) is 0 Å². The molecule has 19 heavy (non-hydrogen) atoms. The topological polar surface area (TPSA) is 17.1 Å². The molecule has 0 spiro atoms. The van der Waals surface area contributed by atoms with Crippen LogP contribution in [0.25, 0.3) is 0 Å². The molecule has 0 aliphatic heterocycles. The predicted octanol–water partition coefficient (Wildman–Crippen LogP) is 4.29. The van der Waals surface area contributed by atoms with Crippen molar-refractivity contribution in [2.24, 2.45) is 0 Å². The van der Waals surface area contributed by atoms with Gasteiger partial charge >= 0.3 is 0 Å². The Morgan fingerprint density at radius 3 is 2.68 bits per heavy atom. The number of rotatable bonds is 4. The third-order valence-corrected chi connectivity index (χ3v) is 4.36. The van der Waals surface area contributed by atoms with Crippen LogP contribution in [0.15, 0.2) is 35.7 Å². The van der Waals surface area contributed by atoms with Gasteiger partial charge < -0.3 is 0 Å². The molecule has 0 bridgehead atoms. The molecular weight excluding hydrogens is 290 g/mol. The van der Waals surface area contributed by atoms with E-state index in [1.807, 2.05) is 17.5 Å². The number of hydrogen-bond donors (Lipinski definition) is 0. The van der Waals surface area contributed by atoms with Crippen molar-refractivity contribution in [2.75, 3.05) is 0 Å². The molecule has 1 nitrogen and oxygen atoms in total. The summed E-state index contributed by atoms with van der Waals surface area (Å²) in [6.07, 6.45) is 0.243. The lowest BCUT2D eigenvalue weighted by Gasteiger charge is -2.26. The molecule has 0 saturated carbocycles. The summed E-state index contributed by atoms with van der Waals surface area (Å²) in [4.78, 5) is 12.6. The molecule has 2 rings (SSSR count). The molecule has 2 aromatic rings. The lowest BCUT2D eigenvalue weighted by atomic mass is 9.80. The minimum Gasteiger partial charge on any atom is -0.280 e. The van der Waals surface area contributed by atoms with Gasteiger partial charge in [0, 0.05) is 10.4 Å². The van der Waals surface area contributed by atoms with Crippen LogP contribution >= 0.6 is 22.9 Å². The molecule has 0 N–H and O–H groups in total. The van der Waals surface area contributed by atoms with Gasteiger partial charge in [-0.1, -0.05) is 6.07 Å². The zero-order chi connectivity index (χ0) is 14.0. The normalized spacial score (nSPS) is 14.1. The highest BCUT2D eigenvalue weighted by Gasteiger charge is 2.37. The van der Waals surface area contributed by atoms with E-state index in [9.17, 15) is 13.6 Å². The van der Waals surface area contributed by atoms with E-state index in [-0.39, 0.29) is 12.0 Å². The standard InChI is InChI=1S/C14H11ClF2OS/c1-14(13(15)18,8-10-3-2-6-19-10)11-7-9(16)4-5-12(11)17/h2-7H,8H2,1H3. The smallest absolute Gasteiger partial charge is 0.232 e. The lowest BCUT2D eigenvalue weighted by Crippen LogP contribution is -2.32. The van der Waals surface area contributed by atoms with E-state index < -0.39 is 22.3 Å². The molecule has 1 aromatic heterocycles. The SMILES string of the molecule is CC(Cc1cccs1)(C(=O)Cl)c1cc(F)ccc1F. The summed E-state index contributed by atoms with van der Waals surface area (Å²) in [5, 5.41) is 1.15. The molecule has 1 heterocycles. The molecule has 0 radical (unpaired) electrons. The van der Waals surface area contributed by atoms with Crippen molar-refractivity contribution in [2.45, 2.75) is 18.8 Å². The molecule has 0 amide bonds. The Morgan fingerprint density at radius 2 is 2.11 bits per heavy atom. The van der Waals surface area contributed by atoms with Crippen molar-refractivity contribution >= 4 is 28.2 Å². The maximum absolute atomic E-state index is 13.9. The molecule has 1 aromatic carbocycles. The second-order valence-corrected chi connectivity index (χ2v) is 5.86. The van der Waals surface area contributed by atoms with E-state index in [2.05, 4.69) is 0 Å². The van der Waals surface area contributed by atoms with Crippen molar-refractivity contribution < 1.29 is 13.6 Å². The first-order chi connectivity index (χ1) is 8.93. The Bertz CT molecular complexity index is 597. The summed E-state index contributed by atoms with van der Waals surface area (Å²) in [6.45, 7) is 1.53. The number of carbonyl (C=O) groups is 1. The molecule has 0 aliphatic rings. The van der Waals surface area contributed by atoms with Gasteiger partial charge in [-0.3, -0.25) is 4.79 Å². The average Bonchev–Trinajstić information content (AvgIpc) is 2.84. The van der Waals surface area contributed by atoms with Crippen LogP contribution in [-0.2, 0) is 16.6 Å². The number of hydrogen-bond acceptors (Lipinski definition) is 2. The molecule has 0 fully saturated rings. The van der Waals surface area contributed by atoms with Gasteiger partial charge in [-0.2, -0.15) is 0 Å². The fourth-order valence-electron chi connectivity index (χ4n) is 1.95. The van der Waals surface area contributed by atoms with Gasteiger partial charge in [0.05, 0.1) is 5.41 Å². The van der Waals surface area contributed by atoms with Crippen LogP contribution in [0, 0.1) is 11.6 Å². The Labute approximate surface area is 118 Å². The van der Waals surface area contributed by atoms with E-state index in [1.54, 1.807) is 0 Å². The summed E-state index contributed by atoms with van der Waals surface area (Å²) in [5.74, 6) is -1.22. The molecule has 0 saturated heterocycles. The van der Waals surface area contributed by atoms with E-state index in [0.717, 1.165) is 23.1 Å². The maximum Gasteiger partial charge on any atom is 0.232 e. The van der Waals surface area contributed by atoms with Gasteiger partial charge in [0.25, 0.3) is 0 Å². The van der Waals surface area contributed by atoms with E-state index in [0.29, 0.717) is 0 Å². The monoisotopic (exact) mass is 300 g/mol. The summed E-state index contributed by atoms with van der Waals surface area (Å²) in [7, 11) is 0. The first-order valence-corrected chi connectivity index (χ1v) is 6.87. The highest BCUT2D eigenvalue weighted by atomic mass is 35.5. The van der Waals surface area contributed by atoms with Crippen LogP contribution < -0.4 is 0 Å². The fourth-order valence-corrected chi connectivity index (χ4v) is 2.98. The van der Waals surface area contributed by atoms with Crippen molar-refractivity contribution in [3.05, 3.63) is 57.8 Å². The zero-order valence-corrected chi connectivity index (χ0v) is 11.7. The van der Waals surface area contributed by atoms with Crippen molar-refractivity contribution in [3.63, 3.8) is 0 Å². The van der Waals surface area contributed by atoms with Crippen LogP contribution in [0.5, 0.6) is 0 Å². The number of halogens is 3. The number of carbonyl (C=O) groups excluding carboxylic acids is 1. The van der Waals surface area contributed by atoms with Crippen LogP contribution in [0.4, 0.5) is 8.78 Å². The van der Waals surface area contributed by atoms with Gasteiger partial charge in [0.2, 0.25) is 5.24 Å². The zero-order valence-electron chi connectivity index (χ0n) is 10.1. The minimum absolute atomic E-state index is 0.0131. The molecule has 5 heteroatoms. The lowest BCUT2D eigenvalue weighted by molar-refractivity contribution is -0.116. The van der Waals surface area contributed by atoms with Gasteiger partial charge in [-0.15, -0.1) is 11.3 Å². The molecule has 1 unspecified atom stereocenters. The van der Waals surface area contributed by atoms with Crippen LogP contribution in [0.3, 0.4) is 0 Å². The minimum atomic E-state index is -1.28. The first kappa shape index (κ1) is 14.2. The van der Waals surface area contributed by atoms with E-state index >= 15 is 0 Å². The van der Waals surface area contributed by atoms with Crippen LogP contribution in [0.2, 0.25) is 0 Å². The molecule has 100 valence electrons. The van der Waals surface area contributed by atoms with Crippen LogP contribution in [0.1, 0.15) is 17.4 Å². The van der Waals surface area contributed by atoms with Crippen molar-refractivity contribution in [1.82, 2.24) is 0 Å². The second-order valence-electron chi connectivity index (χ2n) is 4.49. The average molecular weight is 301 g/mol.